The lowest BCUT2D eigenvalue weighted by molar-refractivity contribution is -0.274. The fourth-order valence-corrected chi connectivity index (χ4v) is 2.71. The third-order valence-corrected chi connectivity index (χ3v) is 3.88. The molecule has 0 atom stereocenters. The van der Waals surface area contributed by atoms with Crippen molar-refractivity contribution in [3.8, 4) is 5.75 Å². The van der Waals surface area contributed by atoms with Gasteiger partial charge in [-0.05, 0) is 37.3 Å². The van der Waals surface area contributed by atoms with Gasteiger partial charge in [-0.15, -0.1) is 13.2 Å². The normalized spacial score (nSPS) is 11.4. The predicted molar refractivity (Wildman–Crippen MR) is 95.6 cm³/mol. The molecular formula is C18H14F3N3O4. The van der Waals surface area contributed by atoms with E-state index in [2.05, 4.69) is 15.0 Å². The highest BCUT2D eigenvalue weighted by Gasteiger charge is 2.31. The topological polar surface area (TPSA) is 93.2 Å². The van der Waals surface area contributed by atoms with Crippen LogP contribution in [0.15, 0.2) is 52.1 Å². The summed E-state index contributed by atoms with van der Waals surface area (Å²) in [4.78, 5) is 38.4. The second-order valence-electron chi connectivity index (χ2n) is 5.77. The van der Waals surface area contributed by atoms with Gasteiger partial charge >= 0.3 is 17.5 Å². The first-order valence-electron chi connectivity index (χ1n) is 8.12. The number of aromatic nitrogens is 2. The van der Waals surface area contributed by atoms with Crippen LogP contribution in [0, 0.1) is 0 Å². The minimum atomic E-state index is -4.85. The van der Waals surface area contributed by atoms with E-state index in [1.165, 1.54) is 34.9 Å². The number of benzene rings is 2. The first kappa shape index (κ1) is 19.2. The van der Waals surface area contributed by atoms with Gasteiger partial charge in [0, 0.05) is 23.9 Å². The molecule has 7 nitrogen and oxygen atoms in total. The summed E-state index contributed by atoms with van der Waals surface area (Å²) >= 11 is 0. The van der Waals surface area contributed by atoms with Crippen molar-refractivity contribution in [1.82, 2.24) is 9.55 Å². The number of carbonyl (C=O) groups is 1. The minimum absolute atomic E-state index is 0.0962. The minimum Gasteiger partial charge on any atom is -0.406 e. The van der Waals surface area contributed by atoms with Crippen molar-refractivity contribution < 1.29 is 22.7 Å². The Morgan fingerprint density at radius 3 is 2.61 bits per heavy atom. The molecule has 0 fully saturated rings. The summed E-state index contributed by atoms with van der Waals surface area (Å²) in [6, 6.07) is 9.17. The molecule has 0 radical (unpaired) electrons. The van der Waals surface area contributed by atoms with Crippen molar-refractivity contribution in [3.63, 3.8) is 0 Å². The van der Waals surface area contributed by atoms with Gasteiger partial charge in [0.1, 0.15) is 5.75 Å². The number of alkyl halides is 3. The van der Waals surface area contributed by atoms with E-state index in [0.29, 0.717) is 5.52 Å². The highest BCUT2D eigenvalue weighted by Crippen LogP contribution is 2.25. The number of hydrogen-bond acceptors (Lipinski definition) is 4. The number of aryl methyl sites for hydroxylation is 1. The molecule has 2 aromatic carbocycles. The molecule has 28 heavy (non-hydrogen) atoms. The summed E-state index contributed by atoms with van der Waals surface area (Å²) in [7, 11) is 0. The highest BCUT2D eigenvalue weighted by molar-refractivity contribution is 6.05. The number of nitrogens with one attached hydrogen (secondary N) is 2. The Morgan fingerprint density at radius 2 is 1.93 bits per heavy atom. The van der Waals surface area contributed by atoms with Crippen molar-refractivity contribution in [2.75, 3.05) is 5.32 Å². The maximum Gasteiger partial charge on any atom is 0.573 e. The molecule has 146 valence electrons. The maximum atomic E-state index is 12.4. The number of carbonyl (C=O) groups excluding carboxylic acids is 1. The van der Waals surface area contributed by atoms with E-state index >= 15 is 0 Å². The zero-order valence-corrected chi connectivity index (χ0v) is 14.5. The standard InChI is InChI=1S/C18H14F3N3O4/c1-2-24-14-7-6-10(8-13(14)23-16(26)17(24)27)15(25)22-11-4-3-5-12(9-11)28-18(19,20)21/h3-9H,2H2,1H3,(H,22,25)(H,23,26). The molecule has 1 amide bonds. The van der Waals surface area contributed by atoms with Crippen LogP contribution in [0.4, 0.5) is 18.9 Å². The molecule has 10 heteroatoms. The molecule has 0 spiro atoms. The van der Waals surface area contributed by atoms with E-state index in [0.717, 1.165) is 12.1 Å². The molecule has 3 rings (SSSR count). The monoisotopic (exact) mass is 393 g/mol. The van der Waals surface area contributed by atoms with Gasteiger partial charge in [0.25, 0.3) is 5.91 Å². The second kappa shape index (κ2) is 7.22. The molecule has 2 N–H and O–H groups in total. The summed E-state index contributed by atoms with van der Waals surface area (Å²) in [6.45, 7) is 1.98. The van der Waals surface area contributed by atoms with E-state index in [1.54, 1.807) is 6.92 Å². The zero-order chi connectivity index (χ0) is 20.5. The summed E-state index contributed by atoms with van der Waals surface area (Å²) in [5.74, 6) is -1.08. The van der Waals surface area contributed by atoms with Crippen LogP contribution in [0.3, 0.4) is 0 Å². The molecule has 0 unspecified atom stereocenters. The van der Waals surface area contributed by atoms with Gasteiger partial charge in [-0.1, -0.05) is 6.07 Å². The first-order chi connectivity index (χ1) is 13.2. The van der Waals surface area contributed by atoms with E-state index in [9.17, 15) is 27.6 Å². The van der Waals surface area contributed by atoms with Crippen LogP contribution in [0.25, 0.3) is 11.0 Å². The maximum absolute atomic E-state index is 12.4. The van der Waals surface area contributed by atoms with Crippen LogP contribution in [-0.2, 0) is 6.54 Å². The van der Waals surface area contributed by atoms with Crippen molar-refractivity contribution in [2.45, 2.75) is 19.8 Å². The van der Waals surface area contributed by atoms with Gasteiger partial charge in [-0.2, -0.15) is 0 Å². The fraction of sp³-hybridized carbons (Fsp3) is 0.167. The van der Waals surface area contributed by atoms with Gasteiger partial charge in [0.15, 0.2) is 0 Å². The van der Waals surface area contributed by atoms with Crippen molar-refractivity contribution >= 4 is 22.6 Å². The van der Waals surface area contributed by atoms with Crippen LogP contribution in [0.5, 0.6) is 5.75 Å². The molecule has 0 aliphatic carbocycles. The van der Waals surface area contributed by atoms with Crippen LogP contribution in [0.2, 0.25) is 0 Å². The fourth-order valence-electron chi connectivity index (χ4n) is 2.71. The Balaban J connectivity index is 1.90. The van der Waals surface area contributed by atoms with Gasteiger partial charge in [0.2, 0.25) is 0 Å². The summed E-state index contributed by atoms with van der Waals surface area (Å²) in [6.07, 6.45) is -4.85. The largest absolute Gasteiger partial charge is 0.573 e. The van der Waals surface area contributed by atoms with Gasteiger partial charge in [-0.3, -0.25) is 14.4 Å². The number of rotatable bonds is 4. The van der Waals surface area contributed by atoms with Crippen LogP contribution < -0.4 is 21.2 Å². The molecule has 1 heterocycles. The molecule has 0 saturated heterocycles. The lowest BCUT2D eigenvalue weighted by atomic mass is 10.1. The average Bonchev–Trinajstić information content (AvgIpc) is 2.61. The molecule has 0 saturated carbocycles. The summed E-state index contributed by atoms with van der Waals surface area (Å²) in [5.41, 5.74) is -0.541. The van der Waals surface area contributed by atoms with E-state index in [-0.39, 0.29) is 23.3 Å². The Labute approximate surface area is 155 Å². The summed E-state index contributed by atoms with van der Waals surface area (Å²) in [5, 5.41) is 2.46. The SMILES string of the molecule is CCn1c(=O)c(=O)[nH]c2cc(C(=O)Nc3cccc(OC(F)(F)F)c3)ccc21. The van der Waals surface area contributed by atoms with Gasteiger partial charge < -0.3 is 19.6 Å². The zero-order valence-electron chi connectivity index (χ0n) is 14.5. The Kier molecular flexibility index (Phi) is 4.95. The van der Waals surface area contributed by atoms with Crippen molar-refractivity contribution in [3.05, 3.63) is 68.7 Å². The van der Waals surface area contributed by atoms with Gasteiger partial charge in [0.05, 0.1) is 11.0 Å². The Hall–Kier alpha value is -3.56. The number of nitrogens with zero attached hydrogens (tertiary/aromatic N) is 1. The van der Waals surface area contributed by atoms with Crippen LogP contribution in [-0.4, -0.2) is 21.8 Å². The quantitative estimate of drug-likeness (QED) is 0.667. The second-order valence-corrected chi connectivity index (χ2v) is 5.77. The lowest BCUT2D eigenvalue weighted by Gasteiger charge is -2.11. The number of anilines is 1. The molecule has 0 bridgehead atoms. The number of amides is 1. The predicted octanol–water partition coefficient (Wildman–Crippen LogP) is 2.86. The Morgan fingerprint density at radius 1 is 1.18 bits per heavy atom. The van der Waals surface area contributed by atoms with Crippen LogP contribution in [0.1, 0.15) is 17.3 Å². The number of halogens is 3. The third-order valence-electron chi connectivity index (χ3n) is 3.88. The van der Waals surface area contributed by atoms with Crippen molar-refractivity contribution in [1.29, 1.82) is 0 Å². The van der Waals surface area contributed by atoms with Gasteiger partial charge in [-0.25, -0.2) is 0 Å². The summed E-state index contributed by atoms with van der Waals surface area (Å²) < 4.78 is 42.0. The molecule has 0 aliphatic rings. The van der Waals surface area contributed by atoms with E-state index in [1.807, 2.05) is 0 Å². The van der Waals surface area contributed by atoms with E-state index in [4.69, 9.17) is 0 Å². The Bertz CT molecular complexity index is 1170. The molecular weight excluding hydrogens is 379 g/mol. The average molecular weight is 393 g/mol. The molecule has 3 aromatic rings. The molecule has 0 aliphatic heterocycles. The molecule has 1 aromatic heterocycles. The number of aromatic amines is 1. The highest BCUT2D eigenvalue weighted by atomic mass is 19.4. The van der Waals surface area contributed by atoms with Crippen LogP contribution >= 0.6 is 0 Å². The van der Waals surface area contributed by atoms with E-state index < -0.39 is 29.1 Å². The number of fused-ring (bicyclic) bond motifs is 1. The number of hydrogen-bond donors (Lipinski definition) is 2. The first-order valence-corrected chi connectivity index (χ1v) is 8.12. The number of ether oxygens (including phenoxy) is 1. The van der Waals surface area contributed by atoms with Crippen molar-refractivity contribution in [2.24, 2.45) is 0 Å². The number of H-pyrrole nitrogens is 1. The third kappa shape index (κ3) is 4.05. The smallest absolute Gasteiger partial charge is 0.406 e. The lowest BCUT2D eigenvalue weighted by Crippen LogP contribution is -2.36.